The summed E-state index contributed by atoms with van der Waals surface area (Å²) in [6.07, 6.45) is 12.1. The van der Waals surface area contributed by atoms with E-state index in [1.165, 1.54) is 12.8 Å². The van der Waals surface area contributed by atoms with Gasteiger partial charge in [0.05, 0.1) is 12.2 Å². The third kappa shape index (κ3) is 5.58. The first kappa shape index (κ1) is 25.2. The lowest BCUT2D eigenvalue weighted by Crippen LogP contribution is -2.38. The Morgan fingerprint density at radius 1 is 1.13 bits per heavy atom. The summed E-state index contributed by atoms with van der Waals surface area (Å²) in [6.45, 7) is 13.5. The molecule has 0 bridgehead atoms. The second kappa shape index (κ2) is 10.0. The fourth-order valence-corrected chi connectivity index (χ4v) is 5.43. The standard InChI is InChI=1S/C27H44O3/c1-7-27(30,8-2)15-10-11-20(3)26(6)16-14-22(25(26,4)5)13-9-12-21-17-23(28)19-24(29)18-21/h9,12-13,20,22-24,28-30H,7-8,11,14,16-19H2,1-6H3/b13-9+/t20-,22+,23+,24+,26+/m0/s1. The molecule has 2 saturated carbocycles. The summed E-state index contributed by atoms with van der Waals surface area (Å²) in [4.78, 5) is 0. The van der Waals surface area contributed by atoms with Gasteiger partial charge in [0.1, 0.15) is 5.60 Å². The van der Waals surface area contributed by atoms with Crippen molar-refractivity contribution in [1.29, 1.82) is 0 Å². The Bertz CT molecular complexity index is 677. The average molecular weight is 417 g/mol. The van der Waals surface area contributed by atoms with Crippen molar-refractivity contribution in [2.45, 2.75) is 111 Å². The van der Waals surface area contributed by atoms with Crippen LogP contribution in [0.15, 0.2) is 23.8 Å². The summed E-state index contributed by atoms with van der Waals surface area (Å²) in [5.41, 5.74) is 0.641. The normalized spacial score (nSPS) is 32.7. The monoisotopic (exact) mass is 416 g/mol. The van der Waals surface area contributed by atoms with Gasteiger partial charge in [0.2, 0.25) is 0 Å². The highest BCUT2D eigenvalue weighted by molar-refractivity contribution is 5.20. The van der Waals surface area contributed by atoms with Crippen molar-refractivity contribution >= 4 is 0 Å². The van der Waals surface area contributed by atoms with Gasteiger partial charge in [0, 0.05) is 6.42 Å². The molecule has 3 N–H and O–H groups in total. The summed E-state index contributed by atoms with van der Waals surface area (Å²) in [5, 5.41) is 30.2. The van der Waals surface area contributed by atoms with E-state index in [9.17, 15) is 15.3 Å². The number of rotatable bonds is 6. The van der Waals surface area contributed by atoms with Crippen LogP contribution in [0.3, 0.4) is 0 Å². The first-order valence-electron chi connectivity index (χ1n) is 11.9. The zero-order valence-corrected chi connectivity index (χ0v) is 20.0. The maximum absolute atomic E-state index is 10.4. The Balaban J connectivity index is 2.05. The van der Waals surface area contributed by atoms with Crippen LogP contribution in [0.4, 0.5) is 0 Å². The van der Waals surface area contributed by atoms with Gasteiger partial charge in [0.25, 0.3) is 0 Å². The van der Waals surface area contributed by atoms with Gasteiger partial charge in [-0.15, -0.1) is 0 Å². The van der Waals surface area contributed by atoms with Crippen molar-refractivity contribution in [1.82, 2.24) is 0 Å². The van der Waals surface area contributed by atoms with Crippen LogP contribution in [0.25, 0.3) is 0 Å². The molecular weight excluding hydrogens is 372 g/mol. The van der Waals surface area contributed by atoms with Crippen molar-refractivity contribution in [3.05, 3.63) is 23.8 Å². The van der Waals surface area contributed by atoms with E-state index in [1.807, 2.05) is 13.8 Å². The van der Waals surface area contributed by atoms with Crippen molar-refractivity contribution in [2.24, 2.45) is 22.7 Å². The molecule has 0 unspecified atom stereocenters. The lowest BCUT2D eigenvalue weighted by Gasteiger charge is -2.45. The summed E-state index contributed by atoms with van der Waals surface area (Å²) < 4.78 is 0. The Hall–Kier alpha value is -1.08. The van der Waals surface area contributed by atoms with E-state index in [-0.39, 0.29) is 10.8 Å². The Kier molecular flexibility index (Phi) is 8.42. The molecule has 0 heterocycles. The Morgan fingerprint density at radius 3 is 2.30 bits per heavy atom. The van der Waals surface area contributed by atoms with Gasteiger partial charge in [-0.25, -0.2) is 0 Å². The minimum Gasteiger partial charge on any atom is -0.393 e. The van der Waals surface area contributed by atoms with Gasteiger partial charge in [-0.1, -0.05) is 77.2 Å². The highest BCUT2D eigenvalue weighted by atomic mass is 16.3. The number of aliphatic hydroxyl groups is 3. The fourth-order valence-electron chi connectivity index (χ4n) is 5.43. The third-order valence-corrected chi connectivity index (χ3v) is 8.58. The van der Waals surface area contributed by atoms with Crippen LogP contribution in [-0.4, -0.2) is 33.1 Å². The molecule has 0 aromatic rings. The van der Waals surface area contributed by atoms with E-state index in [1.54, 1.807) is 0 Å². The topological polar surface area (TPSA) is 60.7 Å². The Morgan fingerprint density at radius 2 is 1.73 bits per heavy atom. The van der Waals surface area contributed by atoms with Crippen molar-refractivity contribution in [3.8, 4) is 11.8 Å². The second-order valence-corrected chi connectivity index (χ2v) is 10.6. The molecule has 2 aliphatic rings. The summed E-state index contributed by atoms with van der Waals surface area (Å²) in [5.74, 6) is 7.38. The zero-order chi connectivity index (χ0) is 22.6. The van der Waals surface area contributed by atoms with Gasteiger partial charge in [-0.3, -0.25) is 0 Å². The van der Waals surface area contributed by atoms with E-state index in [4.69, 9.17) is 0 Å². The smallest absolute Gasteiger partial charge is 0.125 e. The largest absolute Gasteiger partial charge is 0.393 e. The zero-order valence-electron chi connectivity index (χ0n) is 20.0. The van der Waals surface area contributed by atoms with Gasteiger partial charge in [-0.05, 0) is 67.6 Å². The van der Waals surface area contributed by atoms with Gasteiger partial charge in [-0.2, -0.15) is 0 Å². The molecule has 3 heteroatoms. The van der Waals surface area contributed by atoms with E-state index >= 15 is 0 Å². The molecule has 0 amide bonds. The number of aliphatic hydroxyl groups excluding tert-OH is 2. The minimum atomic E-state index is -0.842. The number of allylic oxidation sites excluding steroid dienone is 3. The van der Waals surface area contributed by atoms with E-state index in [2.05, 4.69) is 57.8 Å². The SMILES string of the molecule is CCC(O)(C#CC[C@H](C)[C@@]1(C)CC[C@@H](/C=C/C=C2C[C@@H](O)C[C@H](O)C2)C1(C)C)CC. The van der Waals surface area contributed by atoms with Crippen LogP contribution < -0.4 is 0 Å². The molecule has 0 saturated heterocycles. The van der Waals surface area contributed by atoms with Crippen LogP contribution in [0.2, 0.25) is 0 Å². The van der Waals surface area contributed by atoms with Crippen LogP contribution in [-0.2, 0) is 0 Å². The minimum absolute atomic E-state index is 0.153. The van der Waals surface area contributed by atoms with Gasteiger partial charge < -0.3 is 15.3 Å². The summed E-state index contributed by atoms with van der Waals surface area (Å²) >= 11 is 0. The van der Waals surface area contributed by atoms with Crippen molar-refractivity contribution < 1.29 is 15.3 Å². The highest BCUT2D eigenvalue weighted by Crippen LogP contribution is 2.60. The molecular formula is C27H44O3. The van der Waals surface area contributed by atoms with E-state index in [0.717, 1.165) is 12.0 Å². The van der Waals surface area contributed by atoms with Crippen LogP contribution in [0.5, 0.6) is 0 Å². The van der Waals surface area contributed by atoms with Crippen molar-refractivity contribution in [3.63, 3.8) is 0 Å². The number of hydrogen-bond acceptors (Lipinski definition) is 3. The van der Waals surface area contributed by atoms with E-state index in [0.29, 0.717) is 43.9 Å². The summed E-state index contributed by atoms with van der Waals surface area (Å²) in [7, 11) is 0. The molecule has 0 radical (unpaired) electrons. The van der Waals surface area contributed by atoms with Crippen LogP contribution in [0, 0.1) is 34.5 Å². The molecule has 2 rings (SSSR count). The lowest BCUT2D eigenvalue weighted by atomic mass is 9.59. The molecule has 3 nitrogen and oxygen atoms in total. The summed E-state index contributed by atoms with van der Waals surface area (Å²) in [6, 6.07) is 0. The maximum atomic E-state index is 10.4. The molecule has 30 heavy (non-hydrogen) atoms. The molecule has 0 aromatic carbocycles. The molecule has 5 atom stereocenters. The van der Waals surface area contributed by atoms with Crippen LogP contribution in [0.1, 0.15) is 92.9 Å². The third-order valence-electron chi connectivity index (χ3n) is 8.58. The Labute approximate surface area is 184 Å². The first-order chi connectivity index (χ1) is 14.0. The maximum Gasteiger partial charge on any atom is 0.125 e. The number of hydrogen-bond donors (Lipinski definition) is 3. The molecule has 2 fully saturated rings. The van der Waals surface area contributed by atoms with Crippen LogP contribution >= 0.6 is 0 Å². The molecule has 0 spiro atoms. The fraction of sp³-hybridized carbons (Fsp3) is 0.778. The quantitative estimate of drug-likeness (QED) is 0.508. The second-order valence-electron chi connectivity index (χ2n) is 10.6. The van der Waals surface area contributed by atoms with Crippen molar-refractivity contribution in [2.75, 3.05) is 0 Å². The lowest BCUT2D eigenvalue weighted by molar-refractivity contribution is 0.0475. The molecule has 0 aliphatic heterocycles. The van der Waals surface area contributed by atoms with Gasteiger partial charge in [0.15, 0.2) is 0 Å². The van der Waals surface area contributed by atoms with Gasteiger partial charge >= 0.3 is 0 Å². The average Bonchev–Trinajstić information content (AvgIpc) is 2.91. The molecule has 170 valence electrons. The first-order valence-corrected chi connectivity index (χ1v) is 11.9. The molecule has 0 aromatic heterocycles. The highest BCUT2D eigenvalue weighted by Gasteiger charge is 2.52. The predicted molar refractivity (Wildman–Crippen MR) is 125 cm³/mol. The molecule has 2 aliphatic carbocycles. The van der Waals surface area contributed by atoms with E-state index < -0.39 is 17.8 Å². The predicted octanol–water partition coefficient (Wildman–Crippen LogP) is 5.40.